The van der Waals surface area contributed by atoms with Crippen LogP contribution in [0.4, 0.5) is 17.6 Å². The molecule has 2 aliphatic carbocycles. The van der Waals surface area contributed by atoms with E-state index >= 15 is 0 Å². The van der Waals surface area contributed by atoms with Crippen LogP contribution in [0.5, 0.6) is 5.75 Å². The van der Waals surface area contributed by atoms with Gasteiger partial charge in [0, 0.05) is 0 Å². The number of benzene rings is 1. The lowest BCUT2D eigenvalue weighted by Gasteiger charge is -2.37. The fourth-order valence-corrected chi connectivity index (χ4v) is 4.84. The van der Waals surface area contributed by atoms with Gasteiger partial charge in [-0.15, -0.1) is 0 Å². The Morgan fingerprint density at radius 2 is 1.48 bits per heavy atom. The Bertz CT molecular complexity index is 624. The van der Waals surface area contributed by atoms with E-state index in [1.807, 2.05) is 0 Å². The summed E-state index contributed by atoms with van der Waals surface area (Å²) >= 11 is 0. The minimum Gasteiger partial charge on any atom is -0.493 e. The number of ether oxygens (including phenoxy) is 1. The molecule has 0 radical (unpaired) electrons. The van der Waals surface area contributed by atoms with Gasteiger partial charge in [0.25, 0.3) is 0 Å². The smallest absolute Gasteiger partial charge is 0.422 e. The zero-order valence-corrected chi connectivity index (χ0v) is 16.2. The molecule has 0 unspecified atom stereocenters. The van der Waals surface area contributed by atoms with E-state index in [-0.39, 0.29) is 23.8 Å². The van der Waals surface area contributed by atoms with Gasteiger partial charge in [0.15, 0.2) is 0 Å². The first kappa shape index (κ1) is 20.5. The second kappa shape index (κ2) is 8.40. The molecule has 0 aliphatic heterocycles. The number of halogens is 4. The highest BCUT2D eigenvalue weighted by Crippen LogP contribution is 2.42. The third kappa shape index (κ3) is 4.97. The van der Waals surface area contributed by atoms with Crippen LogP contribution in [0.3, 0.4) is 0 Å². The lowest BCUT2D eigenvalue weighted by atomic mass is 9.69. The van der Waals surface area contributed by atoms with Crippen molar-refractivity contribution in [3.05, 3.63) is 29.1 Å². The number of hydrogen-bond acceptors (Lipinski definition) is 1. The normalized spacial score (nSPS) is 29.6. The maximum Gasteiger partial charge on any atom is 0.422 e. The monoisotopic (exact) mass is 386 g/mol. The minimum atomic E-state index is -4.75. The molecule has 152 valence electrons. The summed E-state index contributed by atoms with van der Waals surface area (Å²) in [6.07, 6.45) is 4.82. The van der Waals surface area contributed by atoms with Crippen LogP contribution >= 0.6 is 0 Å². The molecule has 0 saturated heterocycles. The third-order valence-corrected chi connectivity index (χ3v) is 6.67. The van der Waals surface area contributed by atoms with Crippen molar-refractivity contribution in [3.63, 3.8) is 0 Å². The average Bonchev–Trinajstić information content (AvgIpc) is 2.63. The molecular weight excluding hydrogens is 356 g/mol. The van der Waals surface area contributed by atoms with Crippen LogP contribution in [0, 0.1) is 36.4 Å². The van der Waals surface area contributed by atoms with E-state index < -0.39 is 17.6 Å². The Morgan fingerprint density at radius 1 is 0.926 bits per heavy atom. The largest absolute Gasteiger partial charge is 0.493 e. The Balaban J connectivity index is 1.54. The van der Waals surface area contributed by atoms with E-state index in [1.54, 1.807) is 0 Å². The molecule has 2 saturated carbocycles. The first-order valence-corrected chi connectivity index (χ1v) is 10.2. The third-order valence-electron chi connectivity index (χ3n) is 6.67. The molecule has 0 bridgehead atoms. The highest BCUT2D eigenvalue weighted by Gasteiger charge is 2.39. The molecule has 0 N–H and O–H groups in total. The highest BCUT2D eigenvalue weighted by molar-refractivity contribution is 5.40. The second-order valence-corrected chi connectivity index (χ2v) is 8.68. The summed E-state index contributed by atoms with van der Waals surface area (Å²) in [4.78, 5) is 0. The number of hydrogen-bond donors (Lipinski definition) is 0. The summed E-state index contributed by atoms with van der Waals surface area (Å²) in [5.74, 6) is 1.09. The molecule has 0 atom stereocenters. The van der Waals surface area contributed by atoms with Gasteiger partial charge in [-0.2, -0.15) is 13.2 Å². The van der Waals surface area contributed by atoms with Crippen LogP contribution in [0.2, 0.25) is 0 Å². The molecule has 0 amide bonds. The molecule has 5 heteroatoms. The van der Waals surface area contributed by atoms with Crippen molar-refractivity contribution in [1.29, 1.82) is 0 Å². The molecular formula is C22H30F4O. The van der Waals surface area contributed by atoms with Crippen molar-refractivity contribution in [2.75, 3.05) is 6.61 Å². The maximum absolute atomic E-state index is 14.0. The first-order chi connectivity index (χ1) is 12.8. The summed E-state index contributed by atoms with van der Waals surface area (Å²) < 4.78 is 59.1. The van der Waals surface area contributed by atoms with Crippen LogP contribution in [0.1, 0.15) is 69.4 Å². The van der Waals surface area contributed by atoms with Crippen molar-refractivity contribution in [3.8, 4) is 5.75 Å². The quantitative estimate of drug-likeness (QED) is 0.499. The van der Waals surface area contributed by atoms with Gasteiger partial charge < -0.3 is 4.74 Å². The van der Waals surface area contributed by atoms with E-state index in [0.717, 1.165) is 43.4 Å². The van der Waals surface area contributed by atoms with Crippen molar-refractivity contribution in [2.24, 2.45) is 23.7 Å². The summed E-state index contributed by atoms with van der Waals surface area (Å²) in [5.41, 5.74) is -1.29. The average molecular weight is 386 g/mol. The van der Waals surface area contributed by atoms with Gasteiger partial charge in [-0.25, -0.2) is 4.39 Å². The lowest BCUT2D eigenvalue weighted by molar-refractivity contribution is -0.141. The zero-order valence-electron chi connectivity index (χ0n) is 16.2. The fraction of sp³-hybridized carbons (Fsp3) is 0.727. The van der Waals surface area contributed by atoms with Crippen LogP contribution < -0.4 is 4.74 Å². The van der Waals surface area contributed by atoms with Crippen molar-refractivity contribution >= 4 is 0 Å². The Kier molecular flexibility index (Phi) is 6.37. The summed E-state index contributed by atoms with van der Waals surface area (Å²) in [6.45, 7) is 3.90. The summed E-state index contributed by atoms with van der Waals surface area (Å²) in [6, 6.07) is 2.59. The predicted octanol–water partition coefficient (Wildman–Crippen LogP) is 7.16. The molecule has 27 heavy (non-hydrogen) atoms. The van der Waals surface area contributed by atoms with Crippen LogP contribution in [-0.4, -0.2) is 6.61 Å². The lowest BCUT2D eigenvalue weighted by Crippen LogP contribution is -2.27. The Morgan fingerprint density at radius 3 is 2.04 bits per heavy atom. The molecule has 1 nitrogen and oxygen atoms in total. The molecule has 1 aromatic rings. The second-order valence-electron chi connectivity index (χ2n) is 8.68. The molecule has 3 rings (SSSR count). The molecule has 0 spiro atoms. The molecule has 2 fully saturated rings. The van der Waals surface area contributed by atoms with E-state index in [2.05, 4.69) is 6.92 Å². The van der Waals surface area contributed by atoms with Crippen molar-refractivity contribution in [2.45, 2.75) is 71.4 Å². The standard InChI is InChI=1S/C22H30F4O/c1-14-3-8-17(9-4-14)18-10-6-16(7-11-18)13-27-19-12-5-15(2)21(23)20(19)22(24,25)26/h5,12,14,16-18H,3-4,6-11,13H2,1-2H3. The molecule has 0 aromatic heterocycles. The topological polar surface area (TPSA) is 9.23 Å². The number of alkyl halides is 3. The molecule has 0 heterocycles. The van der Waals surface area contributed by atoms with Gasteiger partial charge in [0.1, 0.15) is 17.1 Å². The SMILES string of the molecule is Cc1ccc(OCC2CCC(C3CCC(C)CC3)CC2)c(C(F)(F)F)c1F. The molecule has 2 aliphatic rings. The summed E-state index contributed by atoms with van der Waals surface area (Å²) in [5, 5.41) is 0. The maximum atomic E-state index is 14.0. The highest BCUT2D eigenvalue weighted by atomic mass is 19.4. The van der Waals surface area contributed by atoms with E-state index in [9.17, 15) is 17.6 Å². The van der Waals surface area contributed by atoms with Gasteiger partial charge in [0.05, 0.1) is 6.61 Å². The van der Waals surface area contributed by atoms with Gasteiger partial charge >= 0.3 is 6.18 Å². The minimum absolute atomic E-state index is 0.0167. The van der Waals surface area contributed by atoms with Gasteiger partial charge in [-0.05, 0) is 80.8 Å². The molecule has 1 aromatic carbocycles. The van der Waals surface area contributed by atoms with E-state index in [0.29, 0.717) is 0 Å². The first-order valence-electron chi connectivity index (χ1n) is 10.2. The van der Waals surface area contributed by atoms with Gasteiger partial charge in [0.2, 0.25) is 0 Å². The van der Waals surface area contributed by atoms with Crippen molar-refractivity contribution in [1.82, 2.24) is 0 Å². The van der Waals surface area contributed by atoms with E-state index in [1.165, 1.54) is 44.7 Å². The number of rotatable bonds is 4. The van der Waals surface area contributed by atoms with Gasteiger partial charge in [-0.1, -0.05) is 25.8 Å². The van der Waals surface area contributed by atoms with Gasteiger partial charge in [-0.3, -0.25) is 0 Å². The van der Waals surface area contributed by atoms with Crippen molar-refractivity contribution < 1.29 is 22.3 Å². The fourth-order valence-electron chi connectivity index (χ4n) is 4.84. The Hall–Kier alpha value is -1.26. The van der Waals surface area contributed by atoms with Crippen LogP contribution in [-0.2, 0) is 6.18 Å². The van der Waals surface area contributed by atoms with Crippen LogP contribution in [0.15, 0.2) is 12.1 Å². The predicted molar refractivity (Wildman–Crippen MR) is 98.2 cm³/mol. The Labute approximate surface area is 159 Å². The van der Waals surface area contributed by atoms with Crippen LogP contribution in [0.25, 0.3) is 0 Å². The zero-order chi connectivity index (χ0) is 19.6. The summed E-state index contributed by atoms with van der Waals surface area (Å²) in [7, 11) is 0. The number of aryl methyl sites for hydroxylation is 1. The van der Waals surface area contributed by atoms with E-state index in [4.69, 9.17) is 4.74 Å².